The Hall–Kier alpha value is -2.11. The summed E-state index contributed by atoms with van der Waals surface area (Å²) in [7, 11) is 0. The minimum atomic E-state index is -0.0235. The fraction of sp³-hybridized carbons (Fsp3) is 0.0588. The van der Waals surface area contributed by atoms with Crippen LogP contribution in [0.2, 0.25) is 5.02 Å². The number of allylic oxidation sites excluding steroid dienone is 1. The minimum absolute atomic E-state index is 0.0235. The number of hydrogen-bond acceptors (Lipinski definition) is 3. The molecule has 1 aliphatic rings. The smallest absolute Gasteiger partial charge is 0.226 e. The fourth-order valence-electron chi connectivity index (χ4n) is 2.63. The zero-order chi connectivity index (χ0) is 15.8. The predicted molar refractivity (Wildman–Crippen MR) is 95.4 cm³/mol. The number of nitrogens with zero attached hydrogens (tertiary/aromatic N) is 3. The van der Waals surface area contributed by atoms with Gasteiger partial charge in [0.1, 0.15) is 12.4 Å². The summed E-state index contributed by atoms with van der Waals surface area (Å²) in [5.74, 6) is 0.727. The molecular formula is C17H12BrClN4. The van der Waals surface area contributed by atoms with Crippen molar-refractivity contribution in [3.8, 4) is 0 Å². The summed E-state index contributed by atoms with van der Waals surface area (Å²) in [6, 6.07) is 16.0. The molecule has 0 bridgehead atoms. The molecule has 1 atom stereocenters. The second-order valence-electron chi connectivity index (χ2n) is 5.24. The average molecular weight is 388 g/mol. The molecule has 0 saturated carbocycles. The molecule has 0 unspecified atom stereocenters. The van der Waals surface area contributed by atoms with E-state index in [0.29, 0.717) is 0 Å². The number of hydrogen-bond donors (Lipinski definition) is 1. The summed E-state index contributed by atoms with van der Waals surface area (Å²) < 4.78 is 2.92. The number of anilines is 1. The van der Waals surface area contributed by atoms with E-state index in [1.54, 1.807) is 6.33 Å². The summed E-state index contributed by atoms with van der Waals surface area (Å²) in [5, 5.41) is 8.39. The highest BCUT2D eigenvalue weighted by Gasteiger charge is 2.23. The van der Waals surface area contributed by atoms with E-state index in [9.17, 15) is 0 Å². The molecule has 4 rings (SSSR count). The van der Waals surface area contributed by atoms with Crippen LogP contribution in [-0.4, -0.2) is 14.8 Å². The maximum absolute atomic E-state index is 6.00. The van der Waals surface area contributed by atoms with Gasteiger partial charge in [0.05, 0.1) is 0 Å². The van der Waals surface area contributed by atoms with E-state index in [1.165, 1.54) is 0 Å². The van der Waals surface area contributed by atoms with E-state index < -0.39 is 0 Å². The van der Waals surface area contributed by atoms with Gasteiger partial charge in [0.25, 0.3) is 0 Å². The molecule has 0 amide bonds. The zero-order valence-electron chi connectivity index (χ0n) is 11.9. The highest BCUT2D eigenvalue weighted by Crippen LogP contribution is 2.32. The maximum atomic E-state index is 6.00. The molecule has 2 heterocycles. The predicted octanol–water partition coefficient (Wildman–Crippen LogP) is 4.75. The normalized spacial score (nSPS) is 16.4. The molecule has 2 aromatic carbocycles. The molecule has 114 valence electrons. The molecule has 0 spiro atoms. The van der Waals surface area contributed by atoms with Gasteiger partial charge in [-0.05, 0) is 41.5 Å². The van der Waals surface area contributed by atoms with Crippen molar-refractivity contribution in [2.75, 3.05) is 5.32 Å². The van der Waals surface area contributed by atoms with Crippen molar-refractivity contribution in [1.29, 1.82) is 0 Å². The van der Waals surface area contributed by atoms with Crippen LogP contribution in [0.25, 0.3) is 5.70 Å². The van der Waals surface area contributed by atoms with Crippen molar-refractivity contribution in [3.05, 3.63) is 81.6 Å². The van der Waals surface area contributed by atoms with E-state index in [1.807, 2.05) is 41.1 Å². The van der Waals surface area contributed by atoms with Gasteiger partial charge in [-0.1, -0.05) is 51.8 Å². The minimum Gasteiger partial charge on any atom is -0.324 e. The number of fused-ring (bicyclic) bond motifs is 1. The first-order valence-corrected chi connectivity index (χ1v) is 8.27. The second-order valence-corrected chi connectivity index (χ2v) is 6.59. The van der Waals surface area contributed by atoms with Gasteiger partial charge in [-0.15, -0.1) is 0 Å². The summed E-state index contributed by atoms with van der Waals surface area (Å²) in [5.41, 5.74) is 3.22. The molecule has 0 radical (unpaired) electrons. The van der Waals surface area contributed by atoms with Crippen LogP contribution in [0.1, 0.15) is 17.2 Å². The van der Waals surface area contributed by atoms with Crippen molar-refractivity contribution >= 4 is 39.2 Å². The van der Waals surface area contributed by atoms with Gasteiger partial charge < -0.3 is 5.32 Å². The Labute approximate surface area is 146 Å². The summed E-state index contributed by atoms with van der Waals surface area (Å²) in [6.07, 6.45) is 3.71. The highest BCUT2D eigenvalue weighted by molar-refractivity contribution is 9.10. The molecule has 0 saturated heterocycles. The topological polar surface area (TPSA) is 42.7 Å². The van der Waals surface area contributed by atoms with Gasteiger partial charge >= 0.3 is 0 Å². The average Bonchev–Trinajstić information content (AvgIpc) is 3.04. The number of halogens is 2. The molecule has 4 nitrogen and oxygen atoms in total. The van der Waals surface area contributed by atoms with Crippen molar-refractivity contribution < 1.29 is 0 Å². The largest absolute Gasteiger partial charge is 0.324 e. The Kier molecular flexibility index (Phi) is 3.67. The van der Waals surface area contributed by atoms with Gasteiger partial charge in [-0.25, -0.2) is 4.68 Å². The van der Waals surface area contributed by atoms with Crippen molar-refractivity contribution in [1.82, 2.24) is 14.8 Å². The number of rotatable bonds is 2. The molecule has 23 heavy (non-hydrogen) atoms. The monoisotopic (exact) mass is 386 g/mol. The van der Waals surface area contributed by atoms with Gasteiger partial charge in [0.2, 0.25) is 5.95 Å². The first-order valence-electron chi connectivity index (χ1n) is 7.10. The van der Waals surface area contributed by atoms with Crippen LogP contribution in [0.3, 0.4) is 0 Å². The van der Waals surface area contributed by atoms with Crippen molar-refractivity contribution in [2.24, 2.45) is 0 Å². The third kappa shape index (κ3) is 2.78. The third-order valence-electron chi connectivity index (χ3n) is 3.77. The number of nitrogens with one attached hydrogen (secondary N) is 1. The van der Waals surface area contributed by atoms with E-state index >= 15 is 0 Å². The van der Waals surface area contributed by atoms with Crippen molar-refractivity contribution in [3.63, 3.8) is 0 Å². The Bertz CT molecular complexity index is 868. The number of benzene rings is 2. The Morgan fingerprint density at radius 1 is 1.04 bits per heavy atom. The molecule has 1 aromatic heterocycles. The van der Waals surface area contributed by atoms with E-state index in [-0.39, 0.29) is 6.04 Å². The highest BCUT2D eigenvalue weighted by atomic mass is 79.9. The van der Waals surface area contributed by atoms with Crippen LogP contribution in [-0.2, 0) is 0 Å². The molecule has 6 heteroatoms. The zero-order valence-corrected chi connectivity index (χ0v) is 14.3. The molecule has 3 aromatic rings. The lowest BCUT2D eigenvalue weighted by molar-refractivity contribution is 0.612. The van der Waals surface area contributed by atoms with Crippen LogP contribution in [0.5, 0.6) is 0 Å². The Morgan fingerprint density at radius 3 is 2.52 bits per heavy atom. The first kappa shape index (κ1) is 14.5. The van der Waals surface area contributed by atoms with Crippen LogP contribution in [0.4, 0.5) is 5.95 Å². The molecular weight excluding hydrogens is 376 g/mol. The third-order valence-corrected chi connectivity index (χ3v) is 4.55. The molecule has 1 N–H and O–H groups in total. The van der Waals surface area contributed by atoms with E-state index in [0.717, 1.165) is 32.3 Å². The summed E-state index contributed by atoms with van der Waals surface area (Å²) in [6.45, 7) is 0. The SMILES string of the molecule is Clc1ccc([C@H]2C=C(c3ccc(Br)cc3)Nc3ncnn32)cc1. The lowest BCUT2D eigenvalue weighted by atomic mass is 10.0. The van der Waals surface area contributed by atoms with Crippen LogP contribution in [0, 0.1) is 0 Å². The van der Waals surface area contributed by atoms with Crippen LogP contribution in [0.15, 0.2) is 65.4 Å². The number of aromatic nitrogens is 3. The lowest BCUT2D eigenvalue weighted by Crippen LogP contribution is -2.20. The van der Waals surface area contributed by atoms with Crippen molar-refractivity contribution in [2.45, 2.75) is 6.04 Å². The molecule has 1 aliphatic heterocycles. The first-order chi connectivity index (χ1) is 11.2. The summed E-state index contributed by atoms with van der Waals surface area (Å²) >= 11 is 9.47. The van der Waals surface area contributed by atoms with Gasteiger partial charge in [0, 0.05) is 15.2 Å². The van der Waals surface area contributed by atoms with E-state index in [4.69, 9.17) is 11.6 Å². The van der Waals surface area contributed by atoms with Crippen LogP contribution < -0.4 is 5.32 Å². The molecule has 0 fully saturated rings. The standard InChI is InChI=1S/C17H12BrClN4/c18-13-5-1-11(2-6-13)15-9-16(12-3-7-14(19)8-4-12)23-17(22-15)20-10-21-23/h1-10,16H,(H,20,21,22)/t16-/m1/s1. The fourth-order valence-corrected chi connectivity index (χ4v) is 3.02. The van der Waals surface area contributed by atoms with Gasteiger partial charge in [-0.2, -0.15) is 10.1 Å². The van der Waals surface area contributed by atoms with Crippen LogP contribution >= 0.6 is 27.5 Å². The molecule has 0 aliphatic carbocycles. The summed E-state index contributed by atoms with van der Waals surface area (Å²) in [4.78, 5) is 4.31. The Balaban J connectivity index is 1.79. The Morgan fingerprint density at radius 2 is 1.78 bits per heavy atom. The quantitative estimate of drug-likeness (QED) is 0.690. The van der Waals surface area contributed by atoms with Gasteiger partial charge in [0.15, 0.2) is 0 Å². The van der Waals surface area contributed by atoms with E-state index in [2.05, 4.69) is 49.5 Å². The van der Waals surface area contributed by atoms with Gasteiger partial charge in [-0.3, -0.25) is 0 Å². The lowest BCUT2D eigenvalue weighted by Gasteiger charge is -2.24. The second kappa shape index (κ2) is 5.83. The maximum Gasteiger partial charge on any atom is 0.226 e.